The molecular formula is C18H26FN3O4. The first kappa shape index (κ1) is 20.1. The van der Waals surface area contributed by atoms with E-state index >= 15 is 0 Å². The van der Waals surface area contributed by atoms with Gasteiger partial charge in [0.05, 0.1) is 13.7 Å². The van der Waals surface area contributed by atoms with Crippen LogP contribution in [0.1, 0.15) is 18.4 Å². The Bertz CT molecular complexity index is 668. The van der Waals surface area contributed by atoms with Crippen LogP contribution in [0.15, 0.2) is 18.2 Å². The van der Waals surface area contributed by atoms with Crippen molar-refractivity contribution < 1.29 is 23.8 Å². The van der Waals surface area contributed by atoms with Crippen molar-refractivity contribution in [2.45, 2.75) is 25.0 Å². The molecule has 1 aliphatic rings. The molecule has 144 valence electrons. The number of halogens is 1. The third kappa shape index (κ3) is 4.70. The molecule has 1 heterocycles. The molecule has 0 radical (unpaired) electrons. The normalized spacial score (nSPS) is 20.2. The second-order valence-corrected chi connectivity index (χ2v) is 6.71. The molecule has 26 heavy (non-hydrogen) atoms. The Labute approximate surface area is 152 Å². The van der Waals surface area contributed by atoms with E-state index in [4.69, 9.17) is 4.74 Å². The van der Waals surface area contributed by atoms with E-state index in [1.165, 1.54) is 29.0 Å². The van der Waals surface area contributed by atoms with Crippen molar-refractivity contribution in [3.8, 4) is 5.75 Å². The number of nitrogens with zero attached hydrogens (tertiary/aromatic N) is 2. The van der Waals surface area contributed by atoms with E-state index in [9.17, 15) is 19.1 Å². The number of rotatable bonds is 7. The SMILES string of the molecule is COc1ccc(F)c(CN2CCC[C@](O)(CNCC(=O)N(C)C)C2=O)c1. The molecule has 0 aromatic heterocycles. The molecule has 7 nitrogen and oxygen atoms in total. The van der Waals surface area contributed by atoms with Crippen molar-refractivity contribution in [2.24, 2.45) is 0 Å². The summed E-state index contributed by atoms with van der Waals surface area (Å²) < 4.78 is 19.1. The quantitative estimate of drug-likeness (QED) is 0.728. The van der Waals surface area contributed by atoms with Crippen LogP contribution in [0.4, 0.5) is 4.39 Å². The van der Waals surface area contributed by atoms with E-state index in [1.54, 1.807) is 20.2 Å². The van der Waals surface area contributed by atoms with Gasteiger partial charge in [-0.25, -0.2) is 4.39 Å². The van der Waals surface area contributed by atoms with E-state index in [1.807, 2.05) is 0 Å². The highest BCUT2D eigenvalue weighted by Crippen LogP contribution is 2.25. The van der Waals surface area contributed by atoms with Crippen molar-refractivity contribution >= 4 is 11.8 Å². The van der Waals surface area contributed by atoms with Gasteiger partial charge in [-0.15, -0.1) is 0 Å². The molecule has 0 spiro atoms. The van der Waals surface area contributed by atoms with E-state index in [0.29, 0.717) is 30.7 Å². The predicted octanol–water partition coefficient (Wildman–Crippen LogP) is 0.366. The molecule has 8 heteroatoms. The molecule has 1 aromatic carbocycles. The van der Waals surface area contributed by atoms with Gasteiger partial charge in [0.25, 0.3) is 5.91 Å². The van der Waals surface area contributed by atoms with Crippen LogP contribution < -0.4 is 10.1 Å². The van der Waals surface area contributed by atoms with Gasteiger partial charge in [-0.3, -0.25) is 9.59 Å². The maximum atomic E-state index is 14.0. The van der Waals surface area contributed by atoms with Gasteiger partial charge < -0.3 is 25.0 Å². The third-order valence-corrected chi connectivity index (χ3v) is 4.51. The number of hydrogen-bond acceptors (Lipinski definition) is 5. The predicted molar refractivity (Wildman–Crippen MR) is 94.1 cm³/mol. The number of carbonyl (C=O) groups is 2. The molecule has 1 saturated heterocycles. The number of carbonyl (C=O) groups excluding carboxylic acids is 2. The van der Waals surface area contributed by atoms with Gasteiger partial charge in [-0.1, -0.05) is 0 Å². The lowest BCUT2D eigenvalue weighted by Crippen LogP contribution is -2.58. The summed E-state index contributed by atoms with van der Waals surface area (Å²) in [4.78, 5) is 27.2. The molecule has 0 unspecified atom stereocenters. The topological polar surface area (TPSA) is 82.1 Å². The Morgan fingerprint density at radius 1 is 1.46 bits per heavy atom. The second-order valence-electron chi connectivity index (χ2n) is 6.71. The summed E-state index contributed by atoms with van der Waals surface area (Å²) >= 11 is 0. The van der Waals surface area contributed by atoms with Crippen LogP contribution in [-0.4, -0.2) is 73.2 Å². The molecule has 2 rings (SSSR count). The molecule has 0 saturated carbocycles. The van der Waals surface area contributed by atoms with E-state index in [0.717, 1.165) is 0 Å². The van der Waals surface area contributed by atoms with Crippen LogP contribution in [0.5, 0.6) is 5.75 Å². The lowest BCUT2D eigenvalue weighted by molar-refractivity contribution is -0.157. The number of nitrogens with one attached hydrogen (secondary N) is 1. The minimum Gasteiger partial charge on any atom is -0.497 e. The highest BCUT2D eigenvalue weighted by atomic mass is 19.1. The Kier molecular flexibility index (Phi) is 6.55. The maximum Gasteiger partial charge on any atom is 0.256 e. The monoisotopic (exact) mass is 367 g/mol. The number of amides is 2. The minimum atomic E-state index is -1.60. The first-order chi connectivity index (χ1) is 12.3. The zero-order valence-corrected chi connectivity index (χ0v) is 15.4. The summed E-state index contributed by atoms with van der Waals surface area (Å²) in [6.45, 7) is 0.505. The standard InChI is InChI=1S/C18H26FN3O4/c1-21(2)16(23)10-20-12-18(25)7-4-8-22(17(18)24)11-13-9-14(26-3)5-6-15(13)19/h5-6,9,20,25H,4,7-8,10-12H2,1-3H3/t18-/m0/s1. The van der Waals surface area contributed by atoms with Crippen LogP contribution in [-0.2, 0) is 16.1 Å². The molecule has 0 bridgehead atoms. The van der Waals surface area contributed by atoms with Crippen LogP contribution in [0, 0.1) is 5.82 Å². The van der Waals surface area contributed by atoms with E-state index < -0.39 is 17.3 Å². The van der Waals surface area contributed by atoms with Gasteiger partial charge in [-0.05, 0) is 31.0 Å². The highest BCUT2D eigenvalue weighted by molar-refractivity contribution is 5.86. The van der Waals surface area contributed by atoms with Gasteiger partial charge >= 0.3 is 0 Å². The number of aliphatic hydroxyl groups is 1. The fraction of sp³-hybridized carbons (Fsp3) is 0.556. The second kappa shape index (κ2) is 8.46. The van der Waals surface area contributed by atoms with Gasteiger partial charge in [-0.2, -0.15) is 0 Å². The van der Waals surface area contributed by atoms with Crippen LogP contribution in [0.25, 0.3) is 0 Å². The lowest BCUT2D eigenvalue weighted by Gasteiger charge is -2.38. The summed E-state index contributed by atoms with van der Waals surface area (Å²) in [5.41, 5.74) is -1.27. The van der Waals surface area contributed by atoms with Crippen LogP contribution in [0.2, 0.25) is 0 Å². The summed E-state index contributed by atoms with van der Waals surface area (Å²) in [7, 11) is 4.76. The average molecular weight is 367 g/mol. The summed E-state index contributed by atoms with van der Waals surface area (Å²) in [6, 6.07) is 4.35. The van der Waals surface area contributed by atoms with Crippen molar-refractivity contribution in [2.75, 3.05) is 40.8 Å². The molecule has 2 N–H and O–H groups in total. The zero-order chi connectivity index (χ0) is 19.3. The molecule has 2 amide bonds. The van der Waals surface area contributed by atoms with Crippen LogP contribution >= 0.6 is 0 Å². The first-order valence-electron chi connectivity index (χ1n) is 8.52. The zero-order valence-electron chi connectivity index (χ0n) is 15.4. The lowest BCUT2D eigenvalue weighted by atomic mass is 9.91. The van der Waals surface area contributed by atoms with Gasteiger partial charge in [0.2, 0.25) is 5.91 Å². The fourth-order valence-electron chi connectivity index (χ4n) is 2.92. The number of likely N-dealkylation sites (N-methyl/N-ethyl adjacent to an activating group) is 1. The smallest absolute Gasteiger partial charge is 0.256 e. The summed E-state index contributed by atoms with van der Waals surface area (Å²) in [6.07, 6.45) is 0.892. The van der Waals surface area contributed by atoms with Gasteiger partial charge in [0, 0.05) is 39.3 Å². The number of ether oxygens (including phenoxy) is 1. The van der Waals surface area contributed by atoms with E-state index in [2.05, 4.69) is 5.32 Å². The largest absolute Gasteiger partial charge is 0.497 e. The molecule has 0 aliphatic carbocycles. The van der Waals surface area contributed by atoms with Gasteiger partial charge in [0.15, 0.2) is 5.60 Å². The average Bonchev–Trinajstić information content (AvgIpc) is 2.60. The van der Waals surface area contributed by atoms with E-state index in [-0.39, 0.29) is 25.5 Å². The molecular weight excluding hydrogens is 341 g/mol. The Morgan fingerprint density at radius 3 is 2.85 bits per heavy atom. The molecule has 1 fully saturated rings. The highest BCUT2D eigenvalue weighted by Gasteiger charge is 2.42. The Hall–Kier alpha value is -2.19. The Morgan fingerprint density at radius 2 is 2.19 bits per heavy atom. The minimum absolute atomic E-state index is 0.0253. The van der Waals surface area contributed by atoms with Crippen molar-refractivity contribution in [3.05, 3.63) is 29.6 Å². The number of piperidine rings is 1. The first-order valence-corrected chi connectivity index (χ1v) is 8.52. The van der Waals surface area contributed by atoms with Crippen molar-refractivity contribution in [1.82, 2.24) is 15.1 Å². The number of benzene rings is 1. The maximum absolute atomic E-state index is 14.0. The van der Waals surface area contributed by atoms with Crippen LogP contribution in [0.3, 0.4) is 0 Å². The Balaban J connectivity index is 2.03. The summed E-state index contributed by atoms with van der Waals surface area (Å²) in [5.74, 6) is -0.532. The third-order valence-electron chi connectivity index (χ3n) is 4.51. The number of likely N-dealkylation sites (tertiary alicyclic amines) is 1. The molecule has 1 aromatic rings. The molecule has 1 aliphatic heterocycles. The van der Waals surface area contributed by atoms with Gasteiger partial charge in [0.1, 0.15) is 11.6 Å². The number of hydrogen-bond donors (Lipinski definition) is 2. The van der Waals surface area contributed by atoms with Crippen molar-refractivity contribution in [3.63, 3.8) is 0 Å². The van der Waals surface area contributed by atoms with Crippen molar-refractivity contribution in [1.29, 1.82) is 0 Å². The summed E-state index contributed by atoms with van der Waals surface area (Å²) in [5, 5.41) is 13.6. The molecule has 1 atom stereocenters. The number of methoxy groups -OCH3 is 1. The fourth-order valence-corrected chi connectivity index (χ4v) is 2.92.